The van der Waals surface area contributed by atoms with Crippen LogP contribution >= 0.6 is 0 Å². The highest BCUT2D eigenvalue weighted by Gasteiger charge is 2.16. The highest BCUT2D eigenvalue weighted by Crippen LogP contribution is 2.30. The van der Waals surface area contributed by atoms with E-state index in [1.807, 2.05) is 0 Å². The van der Waals surface area contributed by atoms with Gasteiger partial charge in [0.25, 0.3) is 0 Å². The van der Waals surface area contributed by atoms with Crippen LogP contribution in [-0.4, -0.2) is 27.7 Å². The highest BCUT2D eigenvalue weighted by atomic mass is 16.6. The Morgan fingerprint density at radius 2 is 2.20 bits per heavy atom. The van der Waals surface area contributed by atoms with E-state index in [4.69, 9.17) is 10.2 Å². The predicted molar refractivity (Wildman–Crippen MR) is 47.9 cm³/mol. The molecule has 1 aromatic rings. The lowest BCUT2D eigenvalue weighted by molar-refractivity contribution is -0.385. The Morgan fingerprint density at radius 1 is 1.53 bits per heavy atom. The molecule has 0 spiro atoms. The fourth-order valence-electron chi connectivity index (χ4n) is 0.910. The van der Waals surface area contributed by atoms with E-state index in [0.29, 0.717) is 0 Å². The van der Waals surface area contributed by atoms with Crippen molar-refractivity contribution < 1.29 is 24.7 Å². The maximum Gasteiger partial charge on any atom is 0.341 e. The van der Waals surface area contributed by atoms with Gasteiger partial charge in [0.05, 0.1) is 11.0 Å². The second kappa shape index (κ2) is 4.27. The van der Waals surface area contributed by atoms with E-state index < -0.39 is 23.2 Å². The number of phenols is 1. The van der Waals surface area contributed by atoms with E-state index in [2.05, 4.69) is 4.74 Å². The quantitative estimate of drug-likeness (QED) is 0.564. The summed E-state index contributed by atoms with van der Waals surface area (Å²) in [6, 6.07) is 3.19. The summed E-state index contributed by atoms with van der Waals surface area (Å²) in [6.45, 7) is -0.675. The molecule has 0 amide bonds. The van der Waals surface area contributed by atoms with E-state index in [1.54, 1.807) is 0 Å². The number of nitro benzene ring substituents is 1. The van der Waals surface area contributed by atoms with Gasteiger partial charge in [-0.25, -0.2) is 4.79 Å². The van der Waals surface area contributed by atoms with Crippen molar-refractivity contribution in [1.29, 1.82) is 0 Å². The molecule has 0 saturated carbocycles. The molecule has 0 bridgehead atoms. The molecule has 1 rings (SSSR count). The molecule has 0 saturated heterocycles. The summed E-state index contributed by atoms with van der Waals surface area (Å²) in [5, 5.41) is 27.8. The number of carbonyl (C=O) groups is 1. The summed E-state index contributed by atoms with van der Waals surface area (Å²) in [6.07, 6.45) is 0. The maximum atomic E-state index is 10.5. The zero-order chi connectivity index (χ0) is 11.4. The van der Waals surface area contributed by atoms with Gasteiger partial charge in [-0.3, -0.25) is 10.1 Å². The highest BCUT2D eigenvalue weighted by molar-refractivity contribution is 5.68. The molecule has 0 atom stereocenters. The molecule has 7 nitrogen and oxygen atoms in total. The van der Waals surface area contributed by atoms with Crippen molar-refractivity contribution in [2.45, 2.75) is 0 Å². The molecule has 0 aliphatic rings. The van der Waals surface area contributed by atoms with Crippen LogP contribution in [0, 0.1) is 10.1 Å². The second-order valence-electron chi connectivity index (χ2n) is 2.59. The number of hydrogen-bond donors (Lipinski definition) is 2. The Balaban J connectivity index is 2.95. The average Bonchev–Trinajstić information content (AvgIpc) is 2.15. The second-order valence-corrected chi connectivity index (χ2v) is 2.59. The van der Waals surface area contributed by atoms with Crippen LogP contribution in [0.2, 0.25) is 0 Å². The SMILES string of the molecule is O=C(O)COc1ccc(O)cc1[N+](=O)[O-]. The van der Waals surface area contributed by atoms with Gasteiger partial charge in [-0.05, 0) is 12.1 Å². The Morgan fingerprint density at radius 3 is 2.73 bits per heavy atom. The molecule has 0 radical (unpaired) electrons. The number of hydrogen-bond acceptors (Lipinski definition) is 5. The first-order valence-corrected chi connectivity index (χ1v) is 3.82. The number of nitrogens with zero attached hydrogens (tertiary/aromatic N) is 1. The summed E-state index contributed by atoms with van der Waals surface area (Å²) >= 11 is 0. The van der Waals surface area contributed by atoms with Crippen molar-refractivity contribution in [3.05, 3.63) is 28.3 Å². The van der Waals surface area contributed by atoms with Gasteiger partial charge >= 0.3 is 11.7 Å². The number of carboxylic acids is 1. The lowest BCUT2D eigenvalue weighted by Crippen LogP contribution is -2.10. The fraction of sp³-hybridized carbons (Fsp3) is 0.125. The van der Waals surface area contributed by atoms with Crippen molar-refractivity contribution in [3.63, 3.8) is 0 Å². The zero-order valence-electron chi connectivity index (χ0n) is 7.41. The first-order chi connectivity index (χ1) is 7.00. The average molecular weight is 213 g/mol. The van der Waals surface area contributed by atoms with Crippen LogP contribution in [0.1, 0.15) is 0 Å². The maximum absolute atomic E-state index is 10.5. The van der Waals surface area contributed by atoms with Crippen molar-refractivity contribution in [2.75, 3.05) is 6.61 Å². The third-order valence-electron chi connectivity index (χ3n) is 1.49. The molecule has 0 fully saturated rings. The van der Waals surface area contributed by atoms with E-state index in [1.165, 1.54) is 6.07 Å². The van der Waals surface area contributed by atoms with Crippen LogP contribution in [0.5, 0.6) is 11.5 Å². The number of carboxylic acid groups (broad SMARTS) is 1. The minimum absolute atomic E-state index is 0.194. The molecule has 15 heavy (non-hydrogen) atoms. The summed E-state index contributed by atoms with van der Waals surface area (Å²) < 4.78 is 4.66. The number of benzene rings is 1. The number of nitro groups is 1. The van der Waals surface area contributed by atoms with Crippen molar-refractivity contribution >= 4 is 11.7 Å². The molecular formula is C8H7NO6. The molecule has 0 unspecified atom stereocenters. The lowest BCUT2D eigenvalue weighted by Gasteiger charge is -2.03. The van der Waals surface area contributed by atoms with E-state index in [-0.39, 0.29) is 11.5 Å². The zero-order valence-corrected chi connectivity index (χ0v) is 7.41. The summed E-state index contributed by atoms with van der Waals surface area (Å²) in [5.74, 6) is -1.72. The van der Waals surface area contributed by atoms with Gasteiger partial charge in [0.1, 0.15) is 5.75 Å². The topological polar surface area (TPSA) is 110 Å². The molecule has 0 heterocycles. The Labute approximate surface area is 83.7 Å². The van der Waals surface area contributed by atoms with Crippen molar-refractivity contribution in [2.24, 2.45) is 0 Å². The number of ether oxygens (including phenoxy) is 1. The van der Waals surface area contributed by atoms with Gasteiger partial charge in [-0.2, -0.15) is 0 Å². The minimum Gasteiger partial charge on any atom is -0.508 e. The van der Waals surface area contributed by atoms with Crippen LogP contribution in [0.4, 0.5) is 5.69 Å². The van der Waals surface area contributed by atoms with Gasteiger partial charge in [-0.15, -0.1) is 0 Å². The molecular weight excluding hydrogens is 206 g/mol. The van der Waals surface area contributed by atoms with Crippen LogP contribution in [0.3, 0.4) is 0 Å². The van der Waals surface area contributed by atoms with Gasteiger partial charge in [0, 0.05) is 0 Å². The number of rotatable bonds is 4. The molecule has 80 valence electrons. The molecule has 2 N–H and O–H groups in total. The van der Waals surface area contributed by atoms with Crippen LogP contribution in [0.25, 0.3) is 0 Å². The lowest BCUT2D eigenvalue weighted by atomic mass is 10.3. The number of aromatic hydroxyl groups is 1. The van der Waals surface area contributed by atoms with Crippen LogP contribution in [-0.2, 0) is 4.79 Å². The van der Waals surface area contributed by atoms with Gasteiger partial charge < -0.3 is 14.9 Å². The predicted octanol–water partition coefficient (Wildman–Crippen LogP) is 0.764. The fourth-order valence-corrected chi connectivity index (χ4v) is 0.910. The Hall–Kier alpha value is -2.31. The van der Waals surface area contributed by atoms with Crippen molar-refractivity contribution in [3.8, 4) is 11.5 Å². The summed E-state index contributed by atoms with van der Waals surface area (Å²) in [4.78, 5) is 19.9. The number of phenolic OH excluding ortho intramolecular Hbond substituents is 1. The van der Waals surface area contributed by atoms with Crippen molar-refractivity contribution in [1.82, 2.24) is 0 Å². The van der Waals surface area contributed by atoms with E-state index >= 15 is 0 Å². The van der Waals surface area contributed by atoms with Crippen LogP contribution in [0.15, 0.2) is 18.2 Å². The van der Waals surface area contributed by atoms with Crippen LogP contribution < -0.4 is 4.74 Å². The summed E-state index contributed by atoms with van der Waals surface area (Å²) in [7, 11) is 0. The van der Waals surface area contributed by atoms with E-state index in [0.717, 1.165) is 12.1 Å². The monoisotopic (exact) mass is 213 g/mol. The smallest absolute Gasteiger partial charge is 0.341 e. The molecule has 0 aliphatic heterocycles. The largest absolute Gasteiger partial charge is 0.508 e. The van der Waals surface area contributed by atoms with Gasteiger partial charge in [0.15, 0.2) is 12.4 Å². The first kappa shape index (κ1) is 10.8. The normalized spacial score (nSPS) is 9.60. The third kappa shape index (κ3) is 2.83. The molecule has 7 heteroatoms. The molecule has 0 aliphatic carbocycles. The number of aliphatic carboxylic acids is 1. The minimum atomic E-state index is -1.24. The van der Waals surface area contributed by atoms with E-state index in [9.17, 15) is 14.9 Å². The molecule has 0 aromatic heterocycles. The van der Waals surface area contributed by atoms with Gasteiger partial charge in [0.2, 0.25) is 0 Å². The molecule has 1 aromatic carbocycles. The Bertz CT molecular complexity index is 402. The first-order valence-electron chi connectivity index (χ1n) is 3.82. The third-order valence-corrected chi connectivity index (χ3v) is 1.49. The summed E-state index contributed by atoms with van der Waals surface area (Å²) in [5.41, 5.74) is -0.476. The van der Waals surface area contributed by atoms with Gasteiger partial charge in [-0.1, -0.05) is 0 Å². The Kier molecular flexibility index (Phi) is 3.06. The standard InChI is InChI=1S/C8H7NO6/c10-5-1-2-7(15-4-8(11)12)6(3-5)9(13)14/h1-3,10H,4H2,(H,11,12).